The molecule has 3 N–H and O–H groups in total. The average Bonchev–Trinajstić information content (AvgIpc) is 2.52. The van der Waals surface area contributed by atoms with Crippen LogP contribution < -0.4 is 10.6 Å². The minimum atomic E-state index is -1.12. The van der Waals surface area contributed by atoms with Gasteiger partial charge in [0.05, 0.1) is 0 Å². The first-order valence-corrected chi connectivity index (χ1v) is 9.05. The van der Waals surface area contributed by atoms with Gasteiger partial charge in [0.15, 0.2) is 6.10 Å². The van der Waals surface area contributed by atoms with E-state index in [0.717, 1.165) is 0 Å². The molecule has 1 unspecified atom stereocenters. The number of rotatable bonds is 9. The maximum absolute atomic E-state index is 12.6. The zero-order valence-electron chi connectivity index (χ0n) is 16.2. The van der Waals surface area contributed by atoms with Crippen molar-refractivity contribution in [2.24, 2.45) is 23.7 Å². The molecule has 8 heteroatoms. The smallest absolute Gasteiger partial charge is 0.326 e. The second-order valence-electron chi connectivity index (χ2n) is 7.57. The summed E-state index contributed by atoms with van der Waals surface area (Å²) in [5.74, 6) is -3.74. The lowest BCUT2D eigenvalue weighted by atomic mass is 9.85. The van der Waals surface area contributed by atoms with Crippen LogP contribution in [0.5, 0.6) is 0 Å². The molecule has 8 nitrogen and oxygen atoms in total. The third kappa shape index (κ3) is 4.95. The summed E-state index contributed by atoms with van der Waals surface area (Å²) in [5, 5.41) is 14.4. The highest BCUT2D eigenvalue weighted by Gasteiger charge is 2.49. The predicted octanol–water partition coefficient (Wildman–Crippen LogP) is 0.940. The van der Waals surface area contributed by atoms with Gasteiger partial charge in [-0.15, -0.1) is 0 Å². The number of carboxylic acid groups (broad SMARTS) is 1. The molecule has 1 fully saturated rings. The molecule has 1 rings (SSSR count). The van der Waals surface area contributed by atoms with Gasteiger partial charge in [0, 0.05) is 0 Å². The van der Waals surface area contributed by atoms with Gasteiger partial charge in [-0.1, -0.05) is 48.0 Å². The van der Waals surface area contributed by atoms with E-state index in [1.54, 1.807) is 20.8 Å². The molecule has 0 aromatic heterocycles. The quantitative estimate of drug-likeness (QED) is 0.519. The van der Waals surface area contributed by atoms with Crippen LogP contribution in [0.3, 0.4) is 0 Å². The summed E-state index contributed by atoms with van der Waals surface area (Å²) >= 11 is 0. The Hall–Kier alpha value is -2.12. The Balaban J connectivity index is 2.82. The van der Waals surface area contributed by atoms with Crippen molar-refractivity contribution in [3.8, 4) is 0 Å². The summed E-state index contributed by atoms with van der Waals surface area (Å²) in [6, 6.07) is -1.95. The highest BCUT2D eigenvalue weighted by molar-refractivity contribution is 5.97. The van der Waals surface area contributed by atoms with E-state index in [1.165, 1.54) is 0 Å². The van der Waals surface area contributed by atoms with Gasteiger partial charge < -0.3 is 20.5 Å². The lowest BCUT2D eigenvalue weighted by molar-refractivity contribution is -0.193. The molecular weight excluding hydrogens is 340 g/mol. The second kappa shape index (κ2) is 9.00. The third-order valence-corrected chi connectivity index (χ3v) is 4.84. The maximum atomic E-state index is 12.6. The fourth-order valence-electron chi connectivity index (χ4n) is 2.86. The topological polar surface area (TPSA) is 122 Å². The fraction of sp³-hybridized carbons (Fsp3) is 0.778. The molecule has 0 spiro atoms. The van der Waals surface area contributed by atoms with Crippen LogP contribution in [0.25, 0.3) is 0 Å². The first-order valence-electron chi connectivity index (χ1n) is 9.05. The van der Waals surface area contributed by atoms with Gasteiger partial charge >= 0.3 is 11.9 Å². The van der Waals surface area contributed by atoms with Gasteiger partial charge in [0.2, 0.25) is 5.91 Å². The summed E-state index contributed by atoms with van der Waals surface area (Å²) < 4.78 is 4.93. The molecule has 1 aliphatic heterocycles. The van der Waals surface area contributed by atoms with Crippen LogP contribution in [0, 0.1) is 23.7 Å². The number of ether oxygens (including phenoxy) is 1. The van der Waals surface area contributed by atoms with Gasteiger partial charge in [0.25, 0.3) is 5.91 Å². The third-order valence-electron chi connectivity index (χ3n) is 4.84. The van der Waals surface area contributed by atoms with Gasteiger partial charge in [-0.2, -0.15) is 0 Å². The Labute approximate surface area is 154 Å². The van der Waals surface area contributed by atoms with Crippen molar-refractivity contribution < 1.29 is 29.0 Å². The zero-order valence-corrected chi connectivity index (χ0v) is 16.2. The van der Waals surface area contributed by atoms with Crippen molar-refractivity contribution in [1.82, 2.24) is 10.6 Å². The molecule has 5 atom stereocenters. The first-order chi connectivity index (χ1) is 12.0. The summed E-state index contributed by atoms with van der Waals surface area (Å²) in [4.78, 5) is 47.9. The zero-order chi connectivity index (χ0) is 20.2. The number of amides is 2. The Morgan fingerprint density at radius 3 is 2.04 bits per heavy atom. The minimum Gasteiger partial charge on any atom is -0.480 e. The number of carbonyl (C=O) groups excluding carboxylic acids is 3. The fourth-order valence-corrected chi connectivity index (χ4v) is 2.86. The van der Waals surface area contributed by atoms with Crippen LogP contribution in [0.1, 0.15) is 48.0 Å². The SMILES string of the molecule is CC[C@H](C)[C@H](NC(=O)[C@@H](NC(=O)[C@@H]1OC(=O)C1C(C)C)C(C)C)C(=O)O. The van der Waals surface area contributed by atoms with E-state index in [0.29, 0.717) is 6.42 Å². The molecule has 0 aromatic rings. The molecule has 2 amide bonds. The molecule has 0 bridgehead atoms. The average molecular weight is 370 g/mol. The standard InChI is InChI=1S/C18H30N2O6/c1-7-10(6)13(17(23)24)20-15(21)12(9(4)5)19-16(22)14-11(8(2)3)18(25)26-14/h8-14H,7H2,1-6H3,(H,19,22)(H,20,21)(H,23,24)/t10-,11?,12-,13-,14+/m0/s1. The molecule has 0 aliphatic carbocycles. The summed E-state index contributed by atoms with van der Waals surface area (Å²) in [7, 11) is 0. The highest BCUT2D eigenvalue weighted by Crippen LogP contribution is 2.29. The number of nitrogens with one attached hydrogen (secondary N) is 2. The molecule has 148 valence electrons. The maximum Gasteiger partial charge on any atom is 0.326 e. The van der Waals surface area contributed by atoms with Crippen molar-refractivity contribution in [2.45, 2.75) is 66.2 Å². The number of esters is 1. The lowest BCUT2D eigenvalue weighted by Crippen LogP contribution is -2.61. The number of cyclic esters (lactones) is 1. The van der Waals surface area contributed by atoms with Gasteiger partial charge in [-0.25, -0.2) is 4.79 Å². The molecule has 26 heavy (non-hydrogen) atoms. The Kier molecular flexibility index (Phi) is 7.59. The van der Waals surface area contributed by atoms with Crippen LogP contribution in [0.2, 0.25) is 0 Å². The van der Waals surface area contributed by atoms with Crippen LogP contribution >= 0.6 is 0 Å². The number of hydrogen-bond donors (Lipinski definition) is 3. The minimum absolute atomic E-state index is 0.0554. The normalized spacial score (nSPS) is 22.8. The highest BCUT2D eigenvalue weighted by atomic mass is 16.6. The van der Waals surface area contributed by atoms with E-state index in [-0.39, 0.29) is 17.8 Å². The Bertz CT molecular complexity index is 560. The van der Waals surface area contributed by atoms with Crippen LogP contribution in [-0.2, 0) is 23.9 Å². The molecule has 1 saturated heterocycles. The molecule has 1 aliphatic rings. The summed E-state index contributed by atoms with van der Waals surface area (Å²) in [6.45, 7) is 10.7. The summed E-state index contributed by atoms with van der Waals surface area (Å²) in [6.07, 6.45) is -0.328. The molecule has 0 saturated carbocycles. The molecule has 1 heterocycles. The van der Waals surface area contributed by atoms with E-state index in [2.05, 4.69) is 10.6 Å². The molecular formula is C18H30N2O6. The van der Waals surface area contributed by atoms with Gasteiger partial charge in [-0.05, 0) is 17.8 Å². The number of carbonyl (C=O) groups is 4. The Morgan fingerprint density at radius 1 is 1.08 bits per heavy atom. The number of hydrogen-bond acceptors (Lipinski definition) is 5. The van der Waals surface area contributed by atoms with Gasteiger partial charge in [-0.3, -0.25) is 14.4 Å². The Morgan fingerprint density at radius 2 is 1.65 bits per heavy atom. The lowest BCUT2D eigenvalue weighted by Gasteiger charge is -2.37. The predicted molar refractivity (Wildman–Crippen MR) is 94.0 cm³/mol. The monoisotopic (exact) mass is 370 g/mol. The number of aliphatic carboxylic acids is 1. The van der Waals surface area contributed by atoms with Crippen molar-refractivity contribution in [1.29, 1.82) is 0 Å². The van der Waals surface area contributed by atoms with E-state index < -0.39 is 47.9 Å². The van der Waals surface area contributed by atoms with Crippen molar-refractivity contribution in [3.63, 3.8) is 0 Å². The van der Waals surface area contributed by atoms with Crippen LogP contribution in [0.15, 0.2) is 0 Å². The van der Waals surface area contributed by atoms with E-state index in [1.807, 2.05) is 20.8 Å². The van der Waals surface area contributed by atoms with Crippen LogP contribution in [0.4, 0.5) is 0 Å². The van der Waals surface area contributed by atoms with Gasteiger partial charge in [0.1, 0.15) is 18.0 Å². The van der Waals surface area contributed by atoms with E-state index >= 15 is 0 Å². The van der Waals surface area contributed by atoms with Crippen molar-refractivity contribution in [2.75, 3.05) is 0 Å². The van der Waals surface area contributed by atoms with E-state index in [9.17, 15) is 24.3 Å². The van der Waals surface area contributed by atoms with Crippen molar-refractivity contribution in [3.05, 3.63) is 0 Å². The molecule has 0 aromatic carbocycles. The summed E-state index contributed by atoms with van der Waals surface area (Å²) in [5.41, 5.74) is 0. The largest absolute Gasteiger partial charge is 0.480 e. The van der Waals surface area contributed by atoms with Crippen molar-refractivity contribution >= 4 is 23.8 Å². The van der Waals surface area contributed by atoms with E-state index in [4.69, 9.17) is 4.74 Å². The number of carboxylic acids is 1. The molecule has 0 radical (unpaired) electrons. The second-order valence-corrected chi connectivity index (χ2v) is 7.57. The van der Waals surface area contributed by atoms with Crippen LogP contribution in [-0.4, -0.2) is 47.0 Å². The first kappa shape index (κ1) is 21.9.